The van der Waals surface area contributed by atoms with E-state index in [1.165, 1.54) is 6.20 Å². The second-order valence-corrected chi connectivity index (χ2v) is 5.06. The minimum Gasteiger partial charge on any atom is -0.494 e. The average Bonchev–Trinajstić information content (AvgIpc) is 2.58. The van der Waals surface area contributed by atoms with Gasteiger partial charge in [0, 0.05) is 17.4 Å². The Hall–Kier alpha value is -2.86. The Morgan fingerprint density at radius 1 is 1.13 bits per heavy atom. The van der Waals surface area contributed by atoms with Gasteiger partial charge in [-0.25, -0.2) is 4.98 Å². The van der Waals surface area contributed by atoms with Crippen molar-refractivity contribution < 1.29 is 4.74 Å². The summed E-state index contributed by atoms with van der Waals surface area (Å²) in [4.78, 5) is 12.4. The van der Waals surface area contributed by atoms with Gasteiger partial charge in [0.2, 0.25) is 5.95 Å². The number of nitrogens with one attached hydrogen (secondary N) is 1. The Kier molecular flexibility index (Phi) is 4.25. The third kappa shape index (κ3) is 3.17. The third-order valence-electron chi connectivity index (χ3n) is 3.19. The maximum Gasteiger partial charge on any atom is 0.222 e. The van der Waals surface area contributed by atoms with Crippen molar-refractivity contribution in [1.82, 2.24) is 15.0 Å². The number of anilines is 3. The van der Waals surface area contributed by atoms with Crippen LogP contribution in [0.2, 0.25) is 5.02 Å². The number of ether oxygens (including phenoxy) is 1. The second kappa shape index (κ2) is 6.50. The van der Waals surface area contributed by atoms with Crippen molar-refractivity contribution in [2.75, 3.05) is 18.2 Å². The van der Waals surface area contributed by atoms with Crippen molar-refractivity contribution in [3.8, 4) is 17.0 Å². The molecule has 0 atom stereocenters. The van der Waals surface area contributed by atoms with Gasteiger partial charge in [-0.1, -0.05) is 29.8 Å². The minimum atomic E-state index is 0.143. The Balaban J connectivity index is 2.06. The lowest BCUT2D eigenvalue weighted by molar-refractivity contribution is 0.415. The van der Waals surface area contributed by atoms with E-state index in [1.54, 1.807) is 13.3 Å². The van der Waals surface area contributed by atoms with Crippen molar-refractivity contribution in [1.29, 1.82) is 0 Å². The molecule has 0 radical (unpaired) electrons. The fourth-order valence-corrected chi connectivity index (χ4v) is 2.29. The highest BCUT2D eigenvalue weighted by Crippen LogP contribution is 2.35. The molecule has 0 saturated heterocycles. The van der Waals surface area contributed by atoms with Crippen molar-refractivity contribution in [3.05, 3.63) is 53.8 Å². The molecule has 0 spiro atoms. The number of nitrogens with two attached hydrogens (primary N) is 1. The van der Waals surface area contributed by atoms with Gasteiger partial charge in [-0.3, -0.25) is 4.98 Å². The summed E-state index contributed by atoms with van der Waals surface area (Å²) in [7, 11) is 1.61. The normalized spacial score (nSPS) is 10.3. The summed E-state index contributed by atoms with van der Waals surface area (Å²) in [6.45, 7) is 0. The summed E-state index contributed by atoms with van der Waals surface area (Å²) in [5, 5.41) is 3.55. The van der Waals surface area contributed by atoms with Crippen LogP contribution in [-0.4, -0.2) is 22.1 Å². The number of benzene rings is 1. The number of aromatic nitrogens is 3. The van der Waals surface area contributed by atoms with Gasteiger partial charge in [0.05, 0.1) is 13.3 Å². The molecule has 0 amide bonds. The molecule has 6 nitrogen and oxygen atoms in total. The largest absolute Gasteiger partial charge is 0.494 e. The molecule has 0 aliphatic carbocycles. The molecule has 3 aromatic rings. The summed E-state index contributed by atoms with van der Waals surface area (Å²) in [6, 6.07) is 11.3. The van der Waals surface area contributed by atoms with Crippen LogP contribution in [0.3, 0.4) is 0 Å². The maximum atomic E-state index is 6.12. The molecule has 7 heteroatoms. The molecule has 0 unspecified atom stereocenters. The number of methoxy groups -OCH3 is 1. The highest BCUT2D eigenvalue weighted by molar-refractivity contribution is 6.33. The van der Waals surface area contributed by atoms with E-state index in [9.17, 15) is 0 Å². The molecule has 2 aromatic heterocycles. The van der Waals surface area contributed by atoms with E-state index in [0.29, 0.717) is 16.6 Å². The number of pyridine rings is 1. The lowest BCUT2D eigenvalue weighted by Gasteiger charge is -2.14. The molecule has 23 heavy (non-hydrogen) atoms. The quantitative estimate of drug-likeness (QED) is 0.762. The summed E-state index contributed by atoms with van der Waals surface area (Å²) in [6.07, 6.45) is 3.17. The second-order valence-electron chi connectivity index (χ2n) is 4.65. The summed E-state index contributed by atoms with van der Waals surface area (Å²) >= 11 is 6.12. The molecule has 0 bridgehead atoms. The molecule has 2 heterocycles. The number of hydrogen-bond acceptors (Lipinski definition) is 6. The van der Waals surface area contributed by atoms with Crippen LogP contribution >= 0.6 is 11.6 Å². The van der Waals surface area contributed by atoms with Gasteiger partial charge in [-0.05, 0) is 18.2 Å². The lowest BCUT2D eigenvalue weighted by atomic mass is 10.1. The number of para-hydroxylation sites is 1. The smallest absolute Gasteiger partial charge is 0.222 e. The zero-order valence-corrected chi connectivity index (χ0v) is 13.1. The summed E-state index contributed by atoms with van der Waals surface area (Å²) in [5.41, 5.74) is 7.98. The minimum absolute atomic E-state index is 0.143. The van der Waals surface area contributed by atoms with Crippen LogP contribution in [0.25, 0.3) is 11.3 Å². The Morgan fingerprint density at radius 3 is 2.78 bits per heavy atom. The predicted octanol–water partition coefficient (Wildman–Crippen LogP) is 3.53. The van der Waals surface area contributed by atoms with Gasteiger partial charge in [0.15, 0.2) is 5.82 Å². The molecule has 0 aliphatic heterocycles. The first-order valence-corrected chi connectivity index (χ1v) is 7.20. The first-order chi connectivity index (χ1) is 11.2. The van der Waals surface area contributed by atoms with Crippen LogP contribution in [0, 0.1) is 0 Å². The fourth-order valence-electron chi connectivity index (χ4n) is 2.15. The van der Waals surface area contributed by atoms with Crippen molar-refractivity contribution in [2.24, 2.45) is 0 Å². The van der Waals surface area contributed by atoms with Crippen LogP contribution in [0.1, 0.15) is 0 Å². The molecular weight excluding hydrogens is 314 g/mol. The molecule has 0 fully saturated rings. The van der Waals surface area contributed by atoms with Crippen LogP contribution in [-0.2, 0) is 0 Å². The number of nitrogens with zero attached hydrogens (tertiary/aromatic N) is 3. The van der Waals surface area contributed by atoms with E-state index in [-0.39, 0.29) is 5.95 Å². The van der Waals surface area contributed by atoms with E-state index in [2.05, 4.69) is 20.3 Å². The lowest BCUT2D eigenvalue weighted by Crippen LogP contribution is -2.02. The Labute approximate surface area is 138 Å². The van der Waals surface area contributed by atoms with E-state index in [4.69, 9.17) is 22.1 Å². The average molecular weight is 328 g/mol. The molecule has 0 saturated carbocycles. The molecular formula is C16H14ClN5O. The SMILES string of the molecule is COc1cccnc1-c1ccccc1Nc1nc(N)ncc1Cl. The van der Waals surface area contributed by atoms with Crippen molar-refractivity contribution in [3.63, 3.8) is 0 Å². The first kappa shape index (κ1) is 15.1. The maximum absolute atomic E-state index is 6.12. The zero-order chi connectivity index (χ0) is 16.2. The molecule has 0 aliphatic rings. The number of nitrogen functional groups attached to an aromatic ring is 1. The van der Waals surface area contributed by atoms with Gasteiger partial charge in [0.1, 0.15) is 16.5 Å². The van der Waals surface area contributed by atoms with E-state index in [0.717, 1.165) is 16.9 Å². The van der Waals surface area contributed by atoms with Gasteiger partial charge in [0.25, 0.3) is 0 Å². The molecule has 3 rings (SSSR count). The zero-order valence-electron chi connectivity index (χ0n) is 12.3. The first-order valence-electron chi connectivity index (χ1n) is 6.82. The van der Waals surface area contributed by atoms with Crippen LogP contribution in [0.4, 0.5) is 17.5 Å². The predicted molar refractivity (Wildman–Crippen MR) is 91.0 cm³/mol. The van der Waals surface area contributed by atoms with Gasteiger partial charge in [-0.15, -0.1) is 0 Å². The van der Waals surface area contributed by atoms with Crippen LogP contribution in [0.5, 0.6) is 5.75 Å². The highest BCUT2D eigenvalue weighted by Gasteiger charge is 2.13. The highest BCUT2D eigenvalue weighted by atomic mass is 35.5. The standard InChI is InChI=1S/C16H14ClN5O/c1-23-13-7-4-8-19-14(13)10-5-2-3-6-12(10)21-15-11(17)9-20-16(18)22-15/h2-9H,1H3,(H3,18,20,21,22). The van der Waals surface area contributed by atoms with Crippen molar-refractivity contribution in [2.45, 2.75) is 0 Å². The van der Waals surface area contributed by atoms with E-state index in [1.807, 2.05) is 36.4 Å². The molecule has 3 N–H and O–H groups in total. The topological polar surface area (TPSA) is 86.0 Å². The van der Waals surface area contributed by atoms with E-state index < -0.39 is 0 Å². The number of halogens is 1. The van der Waals surface area contributed by atoms with E-state index >= 15 is 0 Å². The monoisotopic (exact) mass is 327 g/mol. The fraction of sp³-hybridized carbons (Fsp3) is 0.0625. The third-order valence-corrected chi connectivity index (χ3v) is 3.47. The number of hydrogen-bond donors (Lipinski definition) is 2. The van der Waals surface area contributed by atoms with Crippen LogP contribution < -0.4 is 15.8 Å². The summed E-state index contributed by atoms with van der Waals surface area (Å²) < 4.78 is 5.39. The van der Waals surface area contributed by atoms with Crippen molar-refractivity contribution >= 4 is 29.1 Å². The summed E-state index contributed by atoms with van der Waals surface area (Å²) in [5.74, 6) is 1.25. The van der Waals surface area contributed by atoms with Crippen LogP contribution in [0.15, 0.2) is 48.8 Å². The Morgan fingerprint density at radius 2 is 1.96 bits per heavy atom. The Bertz CT molecular complexity index is 840. The van der Waals surface area contributed by atoms with Gasteiger partial charge < -0.3 is 15.8 Å². The molecule has 1 aromatic carbocycles. The van der Waals surface area contributed by atoms with Gasteiger partial charge in [-0.2, -0.15) is 4.98 Å². The number of rotatable bonds is 4. The van der Waals surface area contributed by atoms with Gasteiger partial charge >= 0.3 is 0 Å². The molecule has 116 valence electrons.